The first kappa shape index (κ1) is 14.0. The van der Waals surface area contributed by atoms with E-state index >= 15 is 0 Å². The van der Waals surface area contributed by atoms with E-state index in [0.717, 1.165) is 30.6 Å². The van der Waals surface area contributed by atoms with Crippen LogP contribution in [0.2, 0.25) is 0 Å². The molecule has 0 N–H and O–H groups in total. The van der Waals surface area contributed by atoms with Crippen molar-refractivity contribution in [3.8, 4) is 0 Å². The number of carbonyl (C=O) groups is 1. The van der Waals surface area contributed by atoms with E-state index < -0.39 is 0 Å². The van der Waals surface area contributed by atoms with Crippen LogP contribution in [0.5, 0.6) is 0 Å². The van der Waals surface area contributed by atoms with Crippen LogP contribution in [-0.2, 0) is 4.79 Å². The molecule has 0 bridgehead atoms. The average Bonchev–Trinajstić information content (AvgIpc) is 2.75. The quantitative estimate of drug-likeness (QED) is 0.562. The van der Waals surface area contributed by atoms with Crippen molar-refractivity contribution in [3.05, 3.63) is 11.6 Å². The topological polar surface area (TPSA) is 17.1 Å². The number of Topliss-reactive ketones (excluding diaryl/α,β-unsaturated/α-hetero) is 1. The van der Waals surface area contributed by atoms with Crippen molar-refractivity contribution in [1.82, 2.24) is 0 Å². The molecule has 0 aromatic rings. The molecule has 0 amide bonds. The van der Waals surface area contributed by atoms with E-state index in [2.05, 4.69) is 26.8 Å². The lowest BCUT2D eigenvalue weighted by atomic mass is 9.47. The summed E-state index contributed by atoms with van der Waals surface area (Å²) >= 11 is 0. The molecule has 21 heavy (non-hydrogen) atoms. The first-order valence-electron chi connectivity index (χ1n) is 9.20. The van der Waals surface area contributed by atoms with Gasteiger partial charge in [0.2, 0.25) is 0 Å². The molecular weight excluding hydrogens is 256 g/mol. The minimum atomic E-state index is 0.0309. The van der Waals surface area contributed by atoms with Gasteiger partial charge in [-0.15, -0.1) is 0 Å². The van der Waals surface area contributed by atoms with E-state index in [0.29, 0.717) is 17.1 Å². The predicted molar refractivity (Wildman–Crippen MR) is 85.9 cm³/mol. The molecule has 4 rings (SSSR count). The van der Waals surface area contributed by atoms with E-state index in [-0.39, 0.29) is 5.41 Å². The summed E-state index contributed by atoms with van der Waals surface area (Å²) in [6.45, 7) is 7.29. The molecule has 6 atom stereocenters. The van der Waals surface area contributed by atoms with Gasteiger partial charge in [-0.05, 0) is 67.6 Å². The molecule has 0 aliphatic heterocycles. The SMILES string of the molecule is C[C@H]1CCC[C@@]2(C)C1=CC[C@@H]1[C@@H]2CC[C@]2(C)C(=O)CC[C@@H]12. The van der Waals surface area contributed by atoms with Gasteiger partial charge in [0.25, 0.3) is 0 Å². The highest BCUT2D eigenvalue weighted by atomic mass is 16.1. The van der Waals surface area contributed by atoms with E-state index in [4.69, 9.17) is 0 Å². The summed E-state index contributed by atoms with van der Waals surface area (Å²) in [6, 6.07) is 0. The van der Waals surface area contributed by atoms with Gasteiger partial charge < -0.3 is 0 Å². The third-order valence-electron chi connectivity index (χ3n) is 8.10. The standard InChI is InChI=1S/C20H30O/c1-13-5-4-11-19(2)15(13)7-6-14-16-8-9-18(21)20(16,3)12-10-17(14)19/h7,13-14,16-17H,4-6,8-12H2,1-3H3/t13-,14-,16-,17-,19-,20-/m0/s1. The second kappa shape index (κ2) is 4.46. The maximum absolute atomic E-state index is 12.4. The highest BCUT2D eigenvalue weighted by Gasteiger charge is 2.58. The van der Waals surface area contributed by atoms with E-state index in [1.54, 1.807) is 5.57 Å². The Morgan fingerprint density at radius 1 is 1.05 bits per heavy atom. The van der Waals surface area contributed by atoms with Crippen LogP contribution in [0, 0.1) is 34.5 Å². The number of carbonyl (C=O) groups excluding carboxylic acids is 1. The van der Waals surface area contributed by atoms with Gasteiger partial charge in [-0.2, -0.15) is 0 Å². The molecule has 1 nitrogen and oxygen atoms in total. The van der Waals surface area contributed by atoms with Crippen LogP contribution in [0.4, 0.5) is 0 Å². The molecule has 3 fully saturated rings. The maximum atomic E-state index is 12.4. The Hall–Kier alpha value is -0.590. The Bertz CT molecular complexity index is 504. The molecule has 3 saturated carbocycles. The Morgan fingerprint density at radius 2 is 1.81 bits per heavy atom. The van der Waals surface area contributed by atoms with Crippen LogP contribution in [-0.4, -0.2) is 5.78 Å². The Morgan fingerprint density at radius 3 is 2.62 bits per heavy atom. The highest BCUT2D eigenvalue weighted by Crippen LogP contribution is 2.64. The molecule has 0 unspecified atom stereocenters. The smallest absolute Gasteiger partial charge is 0.139 e. The van der Waals surface area contributed by atoms with Crippen molar-refractivity contribution in [2.75, 3.05) is 0 Å². The van der Waals surface area contributed by atoms with Gasteiger partial charge in [0.05, 0.1) is 0 Å². The fourth-order valence-electron chi connectivity index (χ4n) is 6.91. The Balaban J connectivity index is 1.72. The van der Waals surface area contributed by atoms with Gasteiger partial charge in [0.1, 0.15) is 5.78 Å². The minimum absolute atomic E-state index is 0.0309. The average molecular weight is 286 g/mol. The van der Waals surface area contributed by atoms with Crippen molar-refractivity contribution < 1.29 is 4.79 Å². The zero-order valence-corrected chi connectivity index (χ0v) is 14.0. The fourth-order valence-corrected chi connectivity index (χ4v) is 6.91. The van der Waals surface area contributed by atoms with Crippen LogP contribution >= 0.6 is 0 Å². The largest absolute Gasteiger partial charge is 0.299 e. The van der Waals surface area contributed by atoms with Crippen LogP contribution in [0.15, 0.2) is 11.6 Å². The molecule has 0 spiro atoms. The van der Waals surface area contributed by atoms with Gasteiger partial charge in [-0.3, -0.25) is 4.79 Å². The summed E-state index contributed by atoms with van der Waals surface area (Å²) < 4.78 is 0. The first-order chi connectivity index (χ1) is 9.97. The van der Waals surface area contributed by atoms with E-state index in [1.165, 1.54) is 38.5 Å². The van der Waals surface area contributed by atoms with Gasteiger partial charge in [-0.1, -0.05) is 38.8 Å². The summed E-state index contributed by atoms with van der Waals surface area (Å²) in [6.07, 6.45) is 12.5. The minimum Gasteiger partial charge on any atom is -0.299 e. The maximum Gasteiger partial charge on any atom is 0.139 e. The lowest BCUT2D eigenvalue weighted by Crippen LogP contribution is -2.50. The zero-order chi connectivity index (χ0) is 14.8. The molecule has 0 heterocycles. The lowest BCUT2D eigenvalue weighted by molar-refractivity contribution is -0.131. The summed E-state index contributed by atoms with van der Waals surface area (Å²) in [5, 5.41) is 0. The number of hydrogen-bond donors (Lipinski definition) is 0. The zero-order valence-electron chi connectivity index (χ0n) is 14.0. The number of allylic oxidation sites excluding steroid dienone is 2. The van der Waals surface area contributed by atoms with Crippen molar-refractivity contribution in [3.63, 3.8) is 0 Å². The van der Waals surface area contributed by atoms with Crippen LogP contribution in [0.3, 0.4) is 0 Å². The first-order valence-corrected chi connectivity index (χ1v) is 9.20. The lowest BCUT2D eigenvalue weighted by Gasteiger charge is -2.57. The molecule has 4 aliphatic rings. The van der Waals surface area contributed by atoms with Crippen LogP contribution in [0.1, 0.15) is 72.1 Å². The van der Waals surface area contributed by atoms with Crippen molar-refractivity contribution >= 4 is 5.78 Å². The van der Waals surface area contributed by atoms with Gasteiger partial charge >= 0.3 is 0 Å². The second-order valence-corrected chi connectivity index (χ2v) is 8.90. The molecule has 1 heteroatoms. The predicted octanol–water partition coefficient (Wildman–Crippen LogP) is 5.15. The van der Waals surface area contributed by atoms with Crippen molar-refractivity contribution in [2.45, 2.75) is 72.1 Å². The third-order valence-corrected chi connectivity index (χ3v) is 8.10. The Labute approximate surface area is 129 Å². The number of hydrogen-bond acceptors (Lipinski definition) is 1. The van der Waals surface area contributed by atoms with Gasteiger partial charge in [0.15, 0.2) is 0 Å². The van der Waals surface area contributed by atoms with Gasteiger partial charge in [-0.25, -0.2) is 0 Å². The molecule has 0 aromatic heterocycles. The molecular formula is C20H30O. The fraction of sp³-hybridized carbons (Fsp3) is 0.850. The molecule has 4 aliphatic carbocycles. The Kier molecular flexibility index (Phi) is 2.98. The number of rotatable bonds is 0. The monoisotopic (exact) mass is 286 g/mol. The number of ketones is 1. The molecule has 0 aromatic carbocycles. The normalized spacial score (nSPS) is 52.7. The van der Waals surface area contributed by atoms with E-state index in [9.17, 15) is 4.79 Å². The van der Waals surface area contributed by atoms with Crippen molar-refractivity contribution in [2.24, 2.45) is 34.5 Å². The highest BCUT2D eigenvalue weighted by molar-refractivity contribution is 5.87. The summed E-state index contributed by atoms with van der Waals surface area (Å²) in [4.78, 5) is 12.4. The number of fused-ring (bicyclic) bond motifs is 5. The molecule has 116 valence electrons. The molecule has 0 saturated heterocycles. The molecule has 0 radical (unpaired) electrons. The summed E-state index contributed by atoms with van der Waals surface area (Å²) in [5.74, 6) is 3.68. The second-order valence-electron chi connectivity index (χ2n) is 8.90. The summed E-state index contributed by atoms with van der Waals surface area (Å²) in [7, 11) is 0. The van der Waals surface area contributed by atoms with Crippen LogP contribution in [0.25, 0.3) is 0 Å². The van der Waals surface area contributed by atoms with Crippen LogP contribution < -0.4 is 0 Å². The van der Waals surface area contributed by atoms with E-state index in [1.807, 2.05) is 0 Å². The van der Waals surface area contributed by atoms with Gasteiger partial charge in [0, 0.05) is 11.8 Å². The summed E-state index contributed by atoms with van der Waals surface area (Å²) in [5.41, 5.74) is 2.26. The van der Waals surface area contributed by atoms with Crippen molar-refractivity contribution in [1.29, 1.82) is 0 Å². The third kappa shape index (κ3) is 1.72.